The number of methoxy groups -OCH3 is 1. The van der Waals surface area contributed by atoms with Crippen molar-refractivity contribution in [1.29, 1.82) is 0 Å². The quantitative estimate of drug-likeness (QED) is 0.718. The van der Waals surface area contributed by atoms with Crippen molar-refractivity contribution in [3.8, 4) is 0 Å². The van der Waals surface area contributed by atoms with Crippen LogP contribution in [0.3, 0.4) is 0 Å². The molecule has 0 bridgehead atoms. The van der Waals surface area contributed by atoms with Crippen molar-refractivity contribution in [3.63, 3.8) is 0 Å². The van der Waals surface area contributed by atoms with Crippen molar-refractivity contribution < 1.29 is 28.8 Å². The van der Waals surface area contributed by atoms with Crippen LogP contribution in [0, 0.1) is 5.92 Å². The van der Waals surface area contributed by atoms with Crippen molar-refractivity contribution in [2.75, 3.05) is 20.3 Å². The second-order valence-electron chi connectivity index (χ2n) is 5.84. The fourth-order valence-electron chi connectivity index (χ4n) is 2.28. The van der Waals surface area contributed by atoms with Gasteiger partial charge in [0.25, 0.3) is 0 Å². The average molecular weight is 304 g/mol. The number of rotatable bonds is 7. The first-order valence-electron chi connectivity index (χ1n) is 7.51. The van der Waals surface area contributed by atoms with E-state index >= 15 is 0 Å². The molecule has 1 aliphatic heterocycles. The summed E-state index contributed by atoms with van der Waals surface area (Å²) >= 11 is 0. The summed E-state index contributed by atoms with van der Waals surface area (Å²) in [6, 6.07) is 0. The van der Waals surface area contributed by atoms with Crippen molar-refractivity contribution in [2.24, 2.45) is 5.92 Å². The summed E-state index contributed by atoms with van der Waals surface area (Å²) in [7, 11) is 1.56. The molecule has 1 saturated heterocycles. The lowest BCUT2D eigenvalue weighted by atomic mass is 9.88. The molecule has 1 N–H and O–H groups in total. The van der Waals surface area contributed by atoms with E-state index in [-0.39, 0.29) is 18.5 Å². The first-order valence-corrected chi connectivity index (χ1v) is 7.51. The van der Waals surface area contributed by atoms with Crippen LogP contribution in [0.15, 0.2) is 0 Å². The molecule has 0 saturated carbocycles. The van der Waals surface area contributed by atoms with Gasteiger partial charge in [-0.05, 0) is 27.2 Å². The van der Waals surface area contributed by atoms with Crippen molar-refractivity contribution in [1.82, 2.24) is 0 Å². The number of hydrogen-bond acceptors (Lipinski definition) is 6. The summed E-state index contributed by atoms with van der Waals surface area (Å²) in [4.78, 5) is 11.7. The Hall–Kier alpha value is -0.690. The third kappa shape index (κ3) is 4.92. The van der Waals surface area contributed by atoms with E-state index in [1.807, 2.05) is 13.8 Å². The molecule has 0 radical (unpaired) electrons. The summed E-state index contributed by atoms with van der Waals surface area (Å²) in [5.74, 6) is -0.619. The monoisotopic (exact) mass is 304 g/mol. The highest BCUT2D eigenvalue weighted by atomic mass is 16.7. The number of esters is 1. The molecule has 124 valence electrons. The van der Waals surface area contributed by atoms with Crippen LogP contribution in [-0.4, -0.2) is 55.5 Å². The summed E-state index contributed by atoms with van der Waals surface area (Å²) in [5, 5.41) is 10.1. The lowest BCUT2D eigenvalue weighted by molar-refractivity contribution is -0.279. The summed E-state index contributed by atoms with van der Waals surface area (Å²) in [6.07, 6.45) is -0.404. The molecule has 5 atom stereocenters. The van der Waals surface area contributed by atoms with Gasteiger partial charge in [0, 0.05) is 13.5 Å². The number of hydrogen-bond donors (Lipinski definition) is 1. The van der Waals surface area contributed by atoms with E-state index in [1.54, 1.807) is 21.0 Å². The van der Waals surface area contributed by atoms with Gasteiger partial charge in [-0.15, -0.1) is 0 Å². The van der Waals surface area contributed by atoms with E-state index < -0.39 is 24.1 Å². The fourth-order valence-corrected chi connectivity index (χ4v) is 2.28. The van der Waals surface area contributed by atoms with Gasteiger partial charge in [0.1, 0.15) is 6.10 Å². The maximum Gasteiger partial charge on any atom is 0.310 e. The molecule has 1 heterocycles. The molecular formula is C15H28O6. The molecule has 0 aromatic heterocycles. The Bertz CT molecular complexity index is 334. The van der Waals surface area contributed by atoms with Crippen LogP contribution in [0.1, 0.15) is 40.5 Å². The molecule has 0 aliphatic carbocycles. The molecule has 1 rings (SSSR count). The van der Waals surface area contributed by atoms with Gasteiger partial charge in [0.15, 0.2) is 6.29 Å². The Labute approximate surface area is 126 Å². The van der Waals surface area contributed by atoms with Crippen molar-refractivity contribution in [3.05, 3.63) is 0 Å². The van der Waals surface area contributed by atoms with Crippen LogP contribution < -0.4 is 0 Å². The minimum atomic E-state index is -0.714. The molecule has 1 aliphatic rings. The van der Waals surface area contributed by atoms with Crippen LogP contribution in [0.4, 0.5) is 0 Å². The molecule has 1 fully saturated rings. The van der Waals surface area contributed by atoms with E-state index in [1.165, 1.54) is 0 Å². The van der Waals surface area contributed by atoms with Crippen LogP contribution in [-0.2, 0) is 23.7 Å². The van der Waals surface area contributed by atoms with Gasteiger partial charge in [0.05, 0.1) is 30.8 Å². The molecule has 1 unspecified atom stereocenters. The minimum absolute atomic E-state index is 0.218. The van der Waals surface area contributed by atoms with E-state index in [0.717, 1.165) is 6.42 Å². The van der Waals surface area contributed by atoms with Gasteiger partial charge >= 0.3 is 5.97 Å². The largest absolute Gasteiger partial charge is 0.465 e. The number of ether oxygens (including phenoxy) is 4. The molecule has 6 nitrogen and oxygen atoms in total. The number of aliphatic hydroxyl groups is 1. The Morgan fingerprint density at radius 1 is 1.52 bits per heavy atom. The first kappa shape index (κ1) is 18.4. The highest BCUT2D eigenvalue weighted by Crippen LogP contribution is 2.32. The van der Waals surface area contributed by atoms with Gasteiger partial charge in [0.2, 0.25) is 0 Å². The van der Waals surface area contributed by atoms with Crippen molar-refractivity contribution in [2.45, 2.75) is 64.6 Å². The predicted molar refractivity (Wildman–Crippen MR) is 76.7 cm³/mol. The van der Waals surface area contributed by atoms with Gasteiger partial charge in [-0.25, -0.2) is 0 Å². The molecule has 0 spiro atoms. The van der Waals surface area contributed by atoms with Gasteiger partial charge in [-0.3, -0.25) is 4.79 Å². The number of aliphatic hydroxyl groups excluding tert-OH is 1. The molecule has 0 aromatic rings. The highest BCUT2D eigenvalue weighted by Gasteiger charge is 2.45. The van der Waals surface area contributed by atoms with Crippen LogP contribution in [0.5, 0.6) is 0 Å². The highest BCUT2D eigenvalue weighted by molar-refractivity contribution is 5.72. The summed E-state index contributed by atoms with van der Waals surface area (Å²) in [6.45, 7) is 7.95. The molecule has 0 amide bonds. The zero-order valence-electron chi connectivity index (χ0n) is 13.6. The SMILES string of the molecule is CCCOC(=O)C(C)CO[C@H]1C[C@@](C)(OC)[C@@H](O)[C@H](C)O1. The fraction of sp³-hybridized carbons (Fsp3) is 0.933. The smallest absolute Gasteiger partial charge is 0.310 e. The Kier molecular flexibility index (Phi) is 7.06. The molecule has 21 heavy (non-hydrogen) atoms. The Morgan fingerprint density at radius 2 is 2.19 bits per heavy atom. The standard InChI is InChI=1S/C15H28O6/c1-6-7-19-14(17)10(2)9-20-12-8-15(4,18-5)13(16)11(3)21-12/h10-13,16H,6-9H2,1-5H3/t10?,11-,12+,13-,15+/m0/s1. The van der Waals surface area contributed by atoms with Crippen molar-refractivity contribution >= 4 is 5.97 Å². The Balaban J connectivity index is 2.46. The average Bonchev–Trinajstić information content (AvgIpc) is 2.47. The lowest BCUT2D eigenvalue weighted by Gasteiger charge is -2.44. The summed E-state index contributed by atoms with van der Waals surface area (Å²) in [5.41, 5.74) is -0.714. The first-order chi connectivity index (χ1) is 9.84. The third-order valence-corrected chi connectivity index (χ3v) is 3.86. The third-order valence-electron chi connectivity index (χ3n) is 3.86. The number of carbonyl (C=O) groups excluding carboxylic acids is 1. The van der Waals surface area contributed by atoms with Gasteiger partial charge < -0.3 is 24.1 Å². The molecular weight excluding hydrogens is 276 g/mol. The van der Waals surface area contributed by atoms with Gasteiger partial charge in [-0.1, -0.05) is 6.92 Å². The second-order valence-corrected chi connectivity index (χ2v) is 5.84. The van der Waals surface area contributed by atoms with E-state index in [4.69, 9.17) is 18.9 Å². The topological polar surface area (TPSA) is 74.2 Å². The molecule has 6 heteroatoms. The van der Waals surface area contributed by atoms with E-state index in [0.29, 0.717) is 13.0 Å². The zero-order valence-corrected chi connectivity index (χ0v) is 13.6. The number of carbonyl (C=O) groups is 1. The maximum absolute atomic E-state index is 11.7. The Morgan fingerprint density at radius 3 is 2.76 bits per heavy atom. The lowest BCUT2D eigenvalue weighted by Crippen LogP contribution is -2.56. The van der Waals surface area contributed by atoms with Crippen LogP contribution >= 0.6 is 0 Å². The normalized spacial score (nSPS) is 34.5. The van der Waals surface area contributed by atoms with Crippen LogP contribution in [0.25, 0.3) is 0 Å². The van der Waals surface area contributed by atoms with Crippen LogP contribution in [0.2, 0.25) is 0 Å². The minimum Gasteiger partial charge on any atom is -0.465 e. The van der Waals surface area contributed by atoms with E-state index in [9.17, 15) is 9.90 Å². The molecule has 0 aromatic carbocycles. The van der Waals surface area contributed by atoms with Gasteiger partial charge in [-0.2, -0.15) is 0 Å². The summed E-state index contributed by atoms with van der Waals surface area (Å²) < 4.78 is 21.7. The van der Waals surface area contributed by atoms with E-state index in [2.05, 4.69) is 0 Å². The second kappa shape index (κ2) is 8.08. The zero-order chi connectivity index (χ0) is 16.0. The predicted octanol–water partition coefficient (Wildman–Crippen LogP) is 1.49. The maximum atomic E-state index is 11.7.